The molecule has 0 aliphatic carbocycles. The summed E-state index contributed by atoms with van der Waals surface area (Å²) in [7, 11) is -1.84. The maximum atomic E-state index is 10.7. The van der Waals surface area contributed by atoms with Crippen molar-refractivity contribution in [2.24, 2.45) is 0 Å². The van der Waals surface area contributed by atoms with Gasteiger partial charge in [-0.05, 0) is 74.5 Å². The van der Waals surface area contributed by atoms with E-state index < -0.39 is 8.32 Å². The third-order valence-corrected chi connectivity index (χ3v) is 9.93. The molecule has 1 atom stereocenters. The van der Waals surface area contributed by atoms with E-state index in [9.17, 15) is 4.79 Å². The van der Waals surface area contributed by atoms with E-state index in [0.717, 1.165) is 42.6 Å². The molecule has 0 unspecified atom stereocenters. The molecule has 2 rings (SSSR count). The first kappa shape index (κ1) is 19.0. The van der Waals surface area contributed by atoms with Gasteiger partial charge in [0.05, 0.1) is 0 Å². The average molecular weight is 349 g/mol. The predicted octanol–water partition coefficient (Wildman–Crippen LogP) is 5.44. The van der Waals surface area contributed by atoms with Crippen LogP contribution in [0.15, 0.2) is 12.1 Å². The summed E-state index contributed by atoms with van der Waals surface area (Å²) in [5.74, 6) is 1.95. The van der Waals surface area contributed by atoms with Gasteiger partial charge in [0.25, 0.3) is 0 Å². The van der Waals surface area contributed by atoms with Crippen molar-refractivity contribution in [2.75, 3.05) is 0 Å². The number of aryl methyl sites for hydroxylation is 2. The molecule has 0 saturated heterocycles. The lowest BCUT2D eigenvalue weighted by Gasteiger charge is -2.38. The van der Waals surface area contributed by atoms with Gasteiger partial charge in [-0.3, -0.25) is 0 Å². The molecule has 24 heavy (non-hydrogen) atoms. The van der Waals surface area contributed by atoms with Crippen molar-refractivity contribution in [2.45, 2.75) is 84.0 Å². The Labute approximate surface area is 147 Å². The molecule has 1 aliphatic heterocycles. The maximum Gasteiger partial charge on any atom is 0.250 e. The molecule has 0 bridgehead atoms. The zero-order valence-corrected chi connectivity index (χ0v) is 17.3. The summed E-state index contributed by atoms with van der Waals surface area (Å²) >= 11 is 0. The molecule has 1 aliphatic rings. The second-order valence-electron chi connectivity index (χ2n) is 8.85. The normalized spacial score (nSPS) is 21.0. The topological polar surface area (TPSA) is 35.5 Å². The van der Waals surface area contributed by atoms with E-state index in [1.54, 1.807) is 0 Å². The number of hydrogen-bond acceptors (Lipinski definition) is 3. The molecule has 1 aromatic rings. The van der Waals surface area contributed by atoms with Crippen LogP contribution in [0.1, 0.15) is 58.1 Å². The Morgan fingerprint density at radius 1 is 1.33 bits per heavy atom. The molecular formula is C20H32O3Si. The third-order valence-electron chi connectivity index (χ3n) is 5.57. The van der Waals surface area contributed by atoms with Gasteiger partial charge in [0.2, 0.25) is 8.32 Å². The van der Waals surface area contributed by atoms with Gasteiger partial charge in [0.15, 0.2) is 0 Å². The quantitative estimate of drug-likeness (QED) is 0.525. The Morgan fingerprint density at radius 3 is 2.58 bits per heavy atom. The summed E-state index contributed by atoms with van der Waals surface area (Å²) in [6.07, 6.45) is 4.22. The molecule has 1 aromatic carbocycles. The largest absolute Gasteiger partial charge is 0.543 e. The molecule has 134 valence electrons. The van der Waals surface area contributed by atoms with Crippen molar-refractivity contribution in [3.05, 3.63) is 23.3 Å². The summed E-state index contributed by atoms with van der Waals surface area (Å²) in [4.78, 5) is 10.7. The first-order valence-electron chi connectivity index (χ1n) is 8.93. The molecule has 0 saturated carbocycles. The Kier molecular flexibility index (Phi) is 5.19. The van der Waals surface area contributed by atoms with Crippen LogP contribution in [0.25, 0.3) is 0 Å². The van der Waals surface area contributed by atoms with Gasteiger partial charge >= 0.3 is 0 Å². The van der Waals surface area contributed by atoms with E-state index in [2.05, 4.69) is 59.8 Å². The van der Waals surface area contributed by atoms with Gasteiger partial charge < -0.3 is 14.0 Å². The minimum absolute atomic E-state index is 0.181. The number of fused-ring (bicyclic) bond motifs is 1. The SMILES string of the molecule is Cc1cc(O[Si](C)(C)C(C)(C)C)cc2c1O[C@](C)(CCC=O)CC2. The van der Waals surface area contributed by atoms with E-state index >= 15 is 0 Å². The average Bonchev–Trinajstić information content (AvgIpc) is 2.45. The number of ether oxygens (including phenoxy) is 1. The summed E-state index contributed by atoms with van der Waals surface area (Å²) in [6, 6.07) is 4.26. The van der Waals surface area contributed by atoms with Crippen molar-refractivity contribution < 1.29 is 14.0 Å². The molecule has 0 amide bonds. The minimum atomic E-state index is -1.84. The highest BCUT2D eigenvalue weighted by Gasteiger charge is 2.39. The van der Waals surface area contributed by atoms with Crippen LogP contribution >= 0.6 is 0 Å². The maximum absolute atomic E-state index is 10.7. The molecular weight excluding hydrogens is 316 g/mol. The Bertz CT molecular complexity index is 616. The van der Waals surface area contributed by atoms with Gasteiger partial charge in [-0.2, -0.15) is 0 Å². The van der Waals surface area contributed by atoms with E-state index in [4.69, 9.17) is 9.16 Å². The smallest absolute Gasteiger partial charge is 0.250 e. The van der Waals surface area contributed by atoms with E-state index in [0.29, 0.717) is 6.42 Å². The number of carbonyl (C=O) groups is 1. The van der Waals surface area contributed by atoms with Gasteiger partial charge in [0, 0.05) is 6.42 Å². The zero-order valence-electron chi connectivity index (χ0n) is 16.3. The highest BCUT2D eigenvalue weighted by atomic mass is 28.4. The summed E-state index contributed by atoms with van der Waals surface area (Å²) < 4.78 is 12.8. The third kappa shape index (κ3) is 4.02. The van der Waals surface area contributed by atoms with Gasteiger partial charge in [0.1, 0.15) is 23.4 Å². The lowest BCUT2D eigenvalue weighted by Crippen LogP contribution is -2.44. The summed E-state index contributed by atoms with van der Waals surface area (Å²) in [5.41, 5.74) is 2.12. The summed E-state index contributed by atoms with van der Waals surface area (Å²) in [5, 5.41) is 0.181. The van der Waals surface area contributed by atoms with Crippen LogP contribution in [0.4, 0.5) is 0 Å². The second kappa shape index (κ2) is 6.55. The second-order valence-corrected chi connectivity index (χ2v) is 13.6. The molecule has 0 spiro atoms. The number of carbonyl (C=O) groups excluding carboxylic acids is 1. The van der Waals surface area contributed by atoms with E-state index in [1.807, 2.05) is 0 Å². The number of benzene rings is 1. The molecule has 4 heteroatoms. The fourth-order valence-electron chi connectivity index (χ4n) is 2.89. The molecule has 0 radical (unpaired) electrons. The Morgan fingerprint density at radius 2 is 2.00 bits per heavy atom. The standard InChI is InChI=1S/C20H32O3Si/c1-15-13-17(23-24(6,7)19(2,3)4)14-16-9-11-20(5,10-8-12-21)22-18(15)16/h12-14H,8-11H2,1-7H3/t20-/m1/s1. The van der Waals surface area contributed by atoms with Crippen LogP contribution in [0.2, 0.25) is 18.1 Å². The van der Waals surface area contributed by atoms with Gasteiger partial charge in [-0.15, -0.1) is 0 Å². The highest BCUT2D eigenvalue weighted by molar-refractivity contribution is 6.74. The van der Waals surface area contributed by atoms with Crippen LogP contribution in [-0.2, 0) is 11.2 Å². The number of aldehydes is 1. The monoisotopic (exact) mass is 348 g/mol. The first-order valence-corrected chi connectivity index (χ1v) is 11.8. The fourth-order valence-corrected chi connectivity index (χ4v) is 3.90. The van der Waals surface area contributed by atoms with E-state index in [1.165, 1.54) is 5.56 Å². The first-order chi connectivity index (χ1) is 11.0. The lowest BCUT2D eigenvalue weighted by molar-refractivity contribution is -0.108. The van der Waals surface area contributed by atoms with Crippen molar-refractivity contribution in [3.63, 3.8) is 0 Å². The van der Waals surface area contributed by atoms with Gasteiger partial charge in [-0.25, -0.2) is 0 Å². The van der Waals surface area contributed by atoms with Crippen LogP contribution in [0, 0.1) is 6.92 Å². The fraction of sp³-hybridized carbons (Fsp3) is 0.650. The molecule has 0 aromatic heterocycles. The van der Waals surface area contributed by atoms with Gasteiger partial charge in [-0.1, -0.05) is 20.8 Å². The highest BCUT2D eigenvalue weighted by Crippen LogP contribution is 2.42. The number of rotatable bonds is 5. The van der Waals surface area contributed by atoms with Crippen LogP contribution in [0.5, 0.6) is 11.5 Å². The van der Waals surface area contributed by atoms with Crippen molar-refractivity contribution in [1.82, 2.24) is 0 Å². The molecule has 0 N–H and O–H groups in total. The summed E-state index contributed by atoms with van der Waals surface area (Å²) in [6.45, 7) is 15.5. The number of hydrogen-bond donors (Lipinski definition) is 0. The van der Waals surface area contributed by atoms with Crippen molar-refractivity contribution in [3.8, 4) is 11.5 Å². The molecule has 0 fully saturated rings. The van der Waals surface area contributed by atoms with E-state index in [-0.39, 0.29) is 10.6 Å². The van der Waals surface area contributed by atoms with Crippen LogP contribution < -0.4 is 9.16 Å². The molecule has 1 heterocycles. The van der Waals surface area contributed by atoms with Crippen molar-refractivity contribution in [1.29, 1.82) is 0 Å². The predicted molar refractivity (Wildman–Crippen MR) is 102 cm³/mol. The minimum Gasteiger partial charge on any atom is -0.543 e. The van der Waals surface area contributed by atoms with Crippen LogP contribution in [-0.4, -0.2) is 20.2 Å². The molecule has 3 nitrogen and oxygen atoms in total. The Balaban J connectivity index is 2.25. The lowest BCUT2D eigenvalue weighted by atomic mass is 9.88. The Hall–Kier alpha value is -1.29. The van der Waals surface area contributed by atoms with Crippen LogP contribution in [0.3, 0.4) is 0 Å². The van der Waals surface area contributed by atoms with Crippen molar-refractivity contribution >= 4 is 14.6 Å². The zero-order chi connectivity index (χ0) is 18.2.